The standard InChI is InChI=1S/C19H23N3O3/c1-4-17(19(24)25-3)22(14-8-6-5-7-9-14)18(23)16-10-15(16)13-11-20-21(2)12-13/h5-9,11-12,15-17H,4,10H2,1-3H3/t15-,16-,17-/m1/s1. The first-order chi connectivity index (χ1) is 12.1. The summed E-state index contributed by atoms with van der Waals surface area (Å²) in [5.41, 5.74) is 1.79. The number of nitrogens with zero attached hydrogens (tertiary/aromatic N) is 3. The summed E-state index contributed by atoms with van der Waals surface area (Å²) < 4.78 is 6.67. The summed E-state index contributed by atoms with van der Waals surface area (Å²) in [6.07, 6.45) is 5.04. The molecule has 1 aromatic heterocycles. The van der Waals surface area contributed by atoms with Crippen LogP contribution in [0.2, 0.25) is 0 Å². The van der Waals surface area contributed by atoms with E-state index in [1.165, 1.54) is 7.11 Å². The van der Waals surface area contributed by atoms with Gasteiger partial charge in [0.25, 0.3) is 0 Å². The summed E-state index contributed by atoms with van der Waals surface area (Å²) in [7, 11) is 3.22. The molecule has 1 saturated carbocycles. The van der Waals surface area contributed by atoms with Gasteiger partial charge in [0, 0.05) is 24.8 Å². The lowest BCUT2D eigenvalue weighted by Gasteiger charge is -2.29. The summed E-state index contributed by atoms with van der Waals surface area (Å²) in [5.74, 6) is -0.374. The highest BCUT2D eigenvalue weighted by Gasteiger charge is 2.48. The molecule has 2 aromatic rings. The lowest BCUT2D eigenvalue weighted by molar-refractivity contribution is -0.143. The van der Waals surface area contributed by atoms with E-state index < -0.39 is 12.0 Å². The molecule has 6 heteroatoms. The summed E-state index contributed by atoms with van der Waals surface area (Å²) in [4.78, 5) is 27.0. The zero-order chi connectivity index (χ0) is 18.0. The molecule has 1 aliphatic rings. The Kier molecular flexibility index (Phi) is 4.88. The molecular weight excluding hydrogens is 318 g/mol. The van der Waals surface area contributed by atoms with Crippen LogP contribution in [0, 0.1) is 5.92 Å². The minimum Gasteiger partial charge on any atom is -0.467 e. The van der Waals surface area contributed by atoms with Gasteiger partial charge in [-0.15, -0.1) is 0 Å². The Bertz CT molecular complexity index is 756. The van der Waals surface area contributed by atoms with E-state index in [1.807, 2.05) is 56.7 Å². The van der Waals surface area contributed by atoms with E-state index >= 15 is 0 Å². The van der Waals surface area contributed by atoms with Gasteiger partial charge in [-0.1, -0.05) is 25.1 Å². The average Bonchev–Trinajstić information content (AvgIpc) is 3.33. The normalized spacial score (nSPS) is 20.0. The van der Waals surface area contributed by atoms with Crippen LogP contribution in [0.4, 0.5) is 5.69 Å². The number of benzene rings is 1. The van der Waals surface area contributed by atoms with E-state index in [0.717, 1.165) is 17.7 Å². The zero-order valence-electron chi connectivity index (χ0n) is 14.8. The fourth-order valence-electron chi connectivity index (χ4n) is 3.29. The first kappa shape index (κ1) is 17.2. The van der Waals surface area contributed by atoms with Crippen LogP contribution in [0.5, 0.6) is 0 Å². The fraction of sp³-hybridized carbons (Fsp3) is 0.421. The number of anilines is 1. The molecule has 0 radical (unpaired) electrons. The van der Waals surface area contributed by atoms with Crippen LogP contribution in [0.3, 0.4) is 0 Å². The van der Waals surface area contributed by atoms with Gasteiger partial charge in [-0.3, -0.25) is 14.4 Å². The molecule has 25 heavy (non-hydrogen) atoms. The van der Waals surface area contributed by atoms with Crippen LogP contribution in [-0.4, -0.2) is 34.8 Å². The molecule has 0 bridgehead atoms. The second-order valence-corrected chi connectivity index (χ2v) is 6.39. The Hall–Kier alpha value is -2.63. The number of para-hydroxylation sites is 1. The lowest BCUT2D eigenvalue weighted by Crippen LogP contribution is -2.46. The van der Waals surface area contributed by atoms with Crippen LogP contribution in [0.25, 0.3) is 0 Å². The number of esters is 1. The minimum absolute atomic E-state index is 0.0303. The van der Waals surface area contributed by atoms with Gasteiger partial charge in [0.05, 0.1) is 13.3 Å². The fourth-order valence-corrected chi connectivity index (χ4v) is 3.29. The largest absolute Gasteiger partial charge is 0.467 e. The lowest BCUT2D eigenvalue weighted by atomic mass is 10.1. The topological polar surface area (TPSA) is 64.4 Å². The van der Waals surface area contributed by atoms with Crippen LogP contribution in [0.15, 0.2) is 42.7 Å². The van der Waals surface area contributed by atoms with Crippen molar-refractivity contribution >= 4 is 17.6 Å². The molecule has 1 fully saturated rings. The number of aryl methyl sites for hydroxylation is 1. The maximum atomic E-state index is 13.2. The van der Waals surface area contributed by atoms with Crippen molar-refractivity contribution in [1.29, 1.82) is 0 Å². The summed E-state index contributed by atoms with van der Waals surface area (Å²) in [5, 5.41) is 4.19. The first-order valence-electron chi connectivity index (χ1n) is 8.51. The van der Waals surface area contributed by atoms with Crippen molar-refractivity contribution in [2.75, 3.05) is 12.0 Å². The predicted molar refractivity (Wildman–Crippen MR) is 94.1 cm³/mol. The van der Waals surface area contributed by atoms with Crippen molar-refractivity contribution in [2.24, 2.45) is 13.0 Å². The summed E-state index contributed by atoms with van der Waals surface area (Å²) in [6.45, 7) is 1.89. The SMILES string of the molecule is CC[C@H](C(=O)OC)N(C(=O)[C@@H]1C[C@@H]1c1cnn(C)c1)c1ccccc1. The third kappa shape index (κ3) is 3.43. The zero-order valence-corrected chi connectivity index (χ0v) is 14.8. The number of rotatable bonds is 6. The van der Waals surface area contributed by atoms with Crippen LogP contribution >= 0.6 is 0 Å². The number of hydrogen-bond acceptors (Lipinski definition) is 4. The van der Waals surface area contributed by atoms with Crippen molar-refractivity contribution in [3.8, 4) is 0 Å². The Morgan fingerprint density at radius 1 is 1.36 bits per heavy atom. The Morgan fingerprint density at radius 3 is 2.64 bits per heavy atom. The maximum Gasteiger partial charge on any atom is 0.328 e. The van der Waals surface area contributed by atoms with Crippen molar-refractivity contribution in [1.82, 2.24) is 9.78 Å². The van der Waals surface area contributed by atoms with Crippen molar-refractivity contribution < 1.29 is 14.3 Å². The van der Waals surface area contributed by atoms with Gasteiger partial charge < -0.3 is 4.74 Å². The highest BCUT2D eigenvalue weighted by Crippen LogP contribution is 2.49. The molecule has 1 amide bonds. The van der Waals surface area contributed by atoms with Gasteiger partial charge >= 0.3 is 5.97 Å². The highest BCUT2D eigenvalue weighted by atomic mass is 16.5. The third-order valence-electron chi connectivity index (χ3n) is 4.70. The Morgan fingerprint density at radius 2 is 2.08 bits per heavy atom. The molecule has 1 heterocycles. The maximum absolute atomic E-state index is 13.2. The van der Waals surface area contributed by atoms with Crippen LogP contribution in [0.1, 0.15) is 31.2 Å². The van der Waals surface area contributed by atoms with Gasteiger partial charge in [-0.25, -0.2) is 4.79 Å². The van der Waals surface area contributed by atoms with E-state index in [9.17, 15) is 9.59 Å². The summed E-state index contributed by atoms with van der Waals surface area (Å²) >= 11 is 0. The number of hydrogen-bond donors (Lipinski definition) is 0. The monoisotopic (exact) mass is 341 g/mol. The van der Waals surface area contributed by atoms with Gasteiger partial charge in [0.2, 0.25) is 5.91 Å². The molecular formula is C19H23N3O3. The van der Waals surface area contributed by atoms with E-state index in [0.29, 0.717) is 6.42 Å². The Balaban J connectivity index is 1.87. The van der Waals surface area contributed by atoms with E-state index in [1.54, 1.807) is 9.58 Å². The molecule has 0 saturated heterocycles. The quantitative estimate of drug-likeness (QED) is 0.757. The third-order valence-corrected chi connectivity index (χ3v) is 4.70. The van der Waals surface area contributed by atoms with Gasteiger partial charge in [-0.05, 0) is 36.5 Å². The number of aromatic nitrogens is 2. The molecule has 0 spiro atoms. The number of ether oxygens (including phenoxy) is 1. The molecule has 1 aromatic carbocycles. The second-order valence-electron chi connectivity index (χ2n) is 6.39. The molecule has 0 N–H and O–H groups in total. The molecule has 0 unspecified atom stereocenters. The smallest absolute Gasteiger partial charge is 0.328 e. The molecule has 1 aliphatic carbocycles. The van der Waals surface area contributed by atoms with Crippen LogP contribution in [-0.2, 0) is 21.4 Å². The van der Waals surface area contributed by atoms with Crippen molar-refractivity contribution in [3.63, 3.8) is 0 Å². The average molecular weight is 341 g/mol. The molecule has 132 valence electrons. The molecule has 0 aliphatic heterocycles. The van der Waals surface area contributed by atoms with Gasteiger partial charge in [0.15, 0.2) is 0 Å². The number of amides is 1. The molecule has 3 rings (SSSR count). The van der Waals surface area contributed by atoms with E-state index in [-0.39, 0.29) is 17.7 Å². The molecule has 3 atom stereocenters. The number of carbonyl (C=O) groups excluding carboxylic acids is 2. The van der Waals surface area contributed by atoms with Crippen molar-refractivity contribution in [3.05, 3.63) is 48.3 Å². The van der Waals surface area contributed by atoms with Gasteiger partial charge in [0.1, 0.15) is 6.04 Å². The van der Waals surface area contributed by atoms with E-state index in [2.05, 4.69) is 5.10 Å². The van der Waals surface area contributed by atoms with Crippen LogP contribution < -0.4 is 4.90 Å². The predicted octanol–water partition coefficient (Wildman–Crippen LogP) is 2.51. The van der Waals surface area contributed by atoms with Gasteiger partial charge in [-0.2, -0.15) is 5.10 Å². The highest BCUT2D eigenvalue weighted by molar-refractivity contribution is 6.02. The van der Waals surface area contributed by atoms with E-state index in [4.69, 9.17) is 4.74 Å². The summed E-state index contributed by atoms with van der Waals surface area (Å²) in [6, 6.07) is 8.71. The minimum atomic E-state index is -0.616. The first-order valence-corrected chi connectivity index (χ1v) is 8.51. The van der Waals surface area contributed by atoms with Crippen molar-refractivity contribution in [2.45, 2.75) is 31.7 Å². The molecule has 6 nitrogen and oxygen atoms in total. The number of carbonyl (C=O) groups is 2. The number of methoxy groups -OCH3 is 1. The Labute approximate surface area is 147 Å². The second kappa shape index (κ2) is 7.09.